The van der Waals surface area contributed by atoms with Crippen LogP contribution in [0.5, 0.6) is 0 Å². The summed E-state index contributed by atoms with van der Waals surface area (Å²) in [6.07, 6.45) is 0. The number of nitro benzene ring substituents is 1. The highest BCUT2D eigenvalue weighted by Gasteiger charge is 2.53. The van der Waals surface area contributed by atoms with E-state index in [9.17, 15) is 14.9 Å². The molecule has 0 atom stereocenters. The van der Waals surface area contributed by atoms with Gasteiger partial charge in [0.05, 0.1) is 16.1 Å². The van der Waals surface area contributed by atoms with Crippen LogP contribution in [0.2, 0.25) is 0 Å². The van der Waals surface area contributed by atoms with E-state index >= 15 is 0 Å². The standard InChI is InChI=1S/C15H19BN2O5.H3N/c1-14(2)15(3,4)23-16(22-14)10-6-7-11(18(20)21)12-9(10)8-17(5)13(12)19;/h6-7H,8H2,1-5H3;1H3. The van der Waals surface area contributed by atoms with E-state index in [4.69, 9.17) is 9.31 Å². The van der Waals surface area contributed by atoms with Gasteiger partial charge in [-0.3, -0.25) is 14.9 Å². The van der Waals surface area contributed by atoms with Crippen molar-refractivity contribution in [1.82, 2.24) is 11.1 Å². The van der Waals surface area contributed by atoms with Gasteiger partial charge in [-0.1, -0.05) is 6.07 Å². The lowest BCUT2D eigenvalue weighted by Crippen LogP contribution is -2.41. The number of hydrogen-bond acceptors (Lipinski definition) is 6. The summed E-state index contributed by atoms with van der Waals surface area (Å²) in [4.78, 5) is 24.4. The van der Waals surface area contributed by atoms with Gasteiger partial charge >= 0.3 is 7.12 Å². The van der Waals surface area contributed by atoms with Crippen LogP contribution in [0.4, 0.5) is 5.69 Å². The quantitative estimate of drug-likeness (QED) is 0.499. The van der Waals surface area contributed by atoms with Crippen molar-refractivity contribution in [2.75, 3.05) is 7.05 Å². The second-order valence-electron chi connectivity index (χ2n) is 7.03. The van der Waals surface area contributed by atoms with E-state index in [0.29, 0.717) is 17.6 Å². The minimum atomic E-state index is -0.645. The summed E-state index contributed by atoms with van der Waals surface area (Å²) < 4.78 is 12.0. The third-order valence-electron chi connectivity index (χ3n) is 4.99. The molecule has 0 aliphatic carbocycles. The van der Waals surface area contributed by atoms with Gasteiger partial charge in [0.25, 0.3) is 11.6 Å². The summed E-state index contributed by atoms with van der Waals surface area (Å²) in [6.45, 7) is 8.08. The highest BCUT2D eigenvalue weighted by molar-refractivity contribution is 6.63. The van der Waals surface area contributed by atoms with Crippen LogP contribution in [0.15, 0.2) is 12.1 Å². The Balaban J connectivity index is 0.00000208. The van der Waals surface area contributed by atoms with E-state index in [-0.39, 0.29) is 23.3 Å². The Labute approximate surface area is 141 Å². The second-order valence-corrected chi connectivity index (χ2v) is 7.03. The maximum absolute atomic E-state index is 12.3. The largest absolute Gasteiger partial charge is 0.495 e. The lowest BCUT2D eigenvalue weighted by Gasteiger charge is -2.32. The minimum Gasteiger partial charge on any atom is -0.399 e. The second kappa shape index (κ2) is 5.54. The predicted octanol–water partition coefficient (Wildman–Crippen LogP) is 1.64. The molecule has 0 bridgehead atoms. The molecule has 1 amide bonds. The monoisotopic (exact) mass is 335 g/mol. The fraction of sp³-hybridized carbons (Fsp3) is 0.533. The molecule has 0 radical (unpaired) electrons. The predicted molar refractivity (Wildman–Crippen MR) is 89.6 cm³/mol. The van der Waals surface area contributed by atoms with Crippen molar-refractivity contribution >= 4 is 24.2 Å². The van der Waals surface area contributed by atoms with Gasteiger partial charge in [-0.2, -0.15) is 0 Å². The van der Waals surface area contributed by atoms with Gasteiger partial charge < -0.3 is 20.4 Å². The fourth-order valence-corrected chi connectivity index (χ4v) is 2.90. The average molecular weight is 335 g/mol. The molecule has 1 aromatic carbocycles. The van der Waals surface area contributed by atoms with Crippen LogP contribution in [0, 0.1) is 10.1 Å². The lowest BCUT2D eigenvalue weighted by molar-refractivity contribution is -0.385. The Hall–Kier alpha value is -1.97. The molecule has 8 nitrogen and oxygen atoms in total. The highest BCUT2D eigenvalue weighted by atomic mass is 16.7. The number of amides is 1. The number of nitro groups is 1. The number of fused-ring (bicyclic) bond motifs is 1. The Morgan fingerprint density at radius 1 is 1.21 bits per heavy atom. The van der Waals surface area contributed by atoms with Gasteiger partial charge in [-0.15, -0.1) is 0 Å². The third kappa shape index (κ3) is 2.49. The zero-order chi connectivity index (χ0) is 17.2. The number of rotatable bonds is 2. The van der Waals surface area contributed by atoms with E-state index in [1.165, 1.54) is 11.0 Å². The maximum Gasteiger partial charge on any atom is 0.495 e. The summed E-state index contributed by atoms with van der Waals surface area (Å²) >= 11 is 0. The molecular weight excluding hydrogens is 313 g/mol. The van der Waals surface area contributed by atoms with Crippen molar-refractivity contribution in [2.45, 2.75) is 45.4 Å². The number of benzene rings is 1. The first-order chi connectivity index (χ1) is 10.5. The Bertz CT molecular complexity index is 703. The molecule has 130 valence electrons. The van der Waals surface area contributed by atoms with Gasteiger partial charge in [0.1, 0.15) is 5.56 Å². The van der Waals surface area contributed by atoms with E-state index in [2.05, 4.69) is 0 Å². The maximum atomic E-state index is 12.3. The molecule has 3 N–H and O–H groups in total. The minimum absolute atomic E-state index is 0. The molecule has 2 heterocycles. The summed E-state index contributed by atoms with van der Waals surface area (Å²) in [5.41, 5.74) is 0.244. The van der Waals surface area contributed by atoms with E-state index < -0.39 is 23.2 Å². The van der Waals surface area contributed by atoms with Crippen LogP contribution >= 0.6 is 0 Å². The van der Waals surface area contributed by atoms with Crippen molar-refractivity contribution < 1.29 is 19.0 Å². The van der Waals surface area contributed by atoms with Crippen LogP contribution in [-0.4, -0.2) is 41.1 Å². The summed E-state index contributed by atoms with van der Waals surface area (Å²) in [5, 5.41) is 11.2. The van der Waals surface area contributed by atoms with Crippen molar-refractivity contribution in [3.8, 4) is 0 Å². The van der Waals surface area contributed by atoms with E-state index in [1.807, 2.05) is 27.7 Å². The van der Waals surface area contributed by atoms with Gasteiger partial charge in [0.15, 0.2) is 0 Å². The van der Waals surface area contributed by atoms with E-state index in [1.54, 1.807) is 13.1 Å². The highest BCUT2D eigenvalue weighted by Crippen LogP contribution is 2.38. The fourth-order valence-electron chi connectivity index (χ4n) is 2.90. The summed E-state index contributed by atoms with van der Waals surface area (Å²) in [6, 6.07) is 2.99. The van der Waals surface area contributed by atoms with Gasteiger partial charge in [-0.25, -0.2) is 0 Å². The molecule has 1 saturated heterocycles. The molecule has 0 saturated carbocycles. The van der Waals surface area contributed by atoms with Gasteiger partial charge in [0.2, 0.25) is 0 Å². The first-order valence-corrected chi connectivity index (χ1v) is 7.46. The molecule has 2 aliphatic rings. The first-order valence-electron chi connectivity index (χ1n) is 7.46. The molecule has 0 spiro atoms. The zero-order valence-corrected chi connectivity index (χ0v) is 14.6. The molecule has 9 heteroatoms. The van der Waals surface area contributed by atoms with Gasteiger partial charge in [0, 0.05) is 19.7 Å². The van der Waals surface area contributed by atoms with Crippen LogP contribution < -0.4 is 11.6 Å². The third-order valence-corrected chi connectivity index (χ3v) is 4.99. The molecule has 0 unspecified atom stereocenters. The topological polar surface area (TPSA) is 117 Å². The molecule has 0 aromatic heterocycles. The van der Waals surface area contributed by atoms with Crippen LogP contribution in [-0.2, 0) is 15.9 Å². The Kier molecular flexibility index (Phi) is 4.24. The summed E-state index contributed by atoms with van der Waals surface area (Å²) in [7, 11) is 0.980. The SMILES string of the molecule is CN1Cc2c(B3OC(C)(C)C(C)(C)O3)ccc([N+](=O)[O-])c2C1=O.N. The molecule has 1 fully saturated rings. The zero-order valence-electron chi connectivity index (χ0n) is 14.6. The number of carbonyl (C=O) groups excluding carboxylic acids is 1. The molecule has 24 heavy (non-hydrogen) atoms. The number of nitrogens with zero attached hydrogens (tertiary/aromatic N) is 2. The Morgan fingerprint density at radius 2 is 1.75 bits per heavy atom. The van der Waals surface area contributed by atoms with Gasteiger partial charge in [-0.05, 0) is 38.7 Å². The van der Waals surface area contributed by atoms with Crippen molar-refractivity contribution in [3.05, 3.63) is 33.4 Å². The molecular formula is C15H22BN3O5. The first kappa shape index (κ1) is 18.4. The van der Waals surface area contributed by atoms with Crippen molar-refractivity contribution in [3.63, 3.8) is 0 Å². The number of carbonyl (C=O) groups is 1. The summed E-state index contributed by atoms with van der Waals surface area (Å²) in [5.74, 6) is -0.343. The van der Waals surface area contributed by atoms with Crippen LogP contribution in [0.3, 0.4) is 0 Å². The number of hydrogen-bond donors (Lipinski definition) is 1. The van der Waals surface area contributed by atoms with Crippen molar-refractivity contribution in [2.24, 2.45) is 0 Å². The molecule has 2 aliphatic heterocycles. The molecule has 1 aromatic rings. The Morgan fingerprint density at radius 3 is 2.25 bits per heavy atom. The van der Waals surface area contributed by atoms with Crippen molar-refractivity contribution in [1.29, 1.82) is 0 Å². The lowest BCUT2D eigenvalue weighted by atomic mass is 9.75. The smallest absolute Gasteiger partial charge is 0.399 e. The normalized spacial score (nSPS) is 20.8. The van der Waals surface area contributed by atoms with Crippen LogP contribution in [0.1, 0.15) is 43.6 Å². The van der Waals surface area contributed by atoms with E-state index in [0.717, 1.165) is 0 Å². The molecule has 3 rings (SSSR count). The average Bonchev–Trinajstić information content (AvgIpc) is 2.83. The van der Waals surface area contributed by atoms with Crippen LogP contribution in [0.25, 0.3) is 0 Å².